The summed E-state index contributed by atoms with van der Waals surface area (Å²) in [5, 5.41) is 14.5. The molecular weight excluding hydrogens is 322 g/mol. The third-order valence-corrected chi connectivity index (χ3v) is 3.38. The van der Waals surface area contributed by atoms with Gasteiger partial charge < -0.3 is 4.74 Å². The zero-order chi connectivity index (χ0) is 18.2. The lowest BCUT2D eigenvalue weighted by molar-refractivity contribution is -0.384. The number of nitro groups is 1. The minimum atomic E-state index is -0.490. The number of hydrogen-bond acceptors (Lipinski definition) is 5. The van der Waals surface area contributed by atoms with E-state index < -0.39 is 10.8 Å². The Kier molecular flexibility index (Phi) is 6.22. The molecule has 0 bridgehead atoms. The van der Waals surface area contributed by atoms with E-state index in [1.807, 2.05) is 38.1 Å². The van der Waals surface area contributed by atoms with E-state index in [0.717, 1.165) is 5.56 Å². The highest BCUT2D eigenvalue weighted by atomic mass is 16.6. The fraction of sp³-hybridized carbons (Fsp3) is 0.222. The number of nitrogens with one attached hydrogen (secondary N) is 1. The number of carbonyl (C=O) groups excluding carboxylic acids is 1. The minimum absolute atomic E-state index is 0.0381. The normalized spacial score (nSPS) is 10.8. The first-order chi connectivity index (χ1) is 12.0. The van der Waals surface area contributed by atoms with Gasteiger partial charge in [0.1, 0.15) is 5.75 Å². The highest BCUT2D eigenvalue weighted by molar-refractivity contribution is 5.83. The summed E-state index contributed by atoms with van der Waals surface area (Å²) in [6.45, 7) is 3.92. The van der Waals surface area contributed by atoms with E-state index in [0.29, 0.717) is 11.3 Å². The molecule has 0 heterocycles. The van der Waals surface area contributed by atoms with Crippen molar-refractivity contribution < 1.29 is 14.5 Å². The second kappa shape index (κ2) is 8.58. The van der Waals surface area contributed by atoms with Crippen LogP contribution >= 0.6 is 0 Å². The molecule has 2 aromatic rings. The van der Waals surface area contributed by atoms with E-state index in [-0.39, 0.29) is 18.2 Å². The van der Waals surface area contributed by atoms with Gasteiger partial charge in [0.15, 0.2) is 6.61 Å². The van der Waals surface area contributed by atoms with Crippen LogP contribution in [0.25, 0.3) is 0 Å². The standard InChI is InChI=1S/C18H19N3O4/c1-13(2)16-8-3-4-9-17(16)25-12-18(22)20-19-11-14-6-5-7-15(10-14)21(23)24/h3-11,13H,12H2,1-2H3,(H,20,22). The quantitative estimate of drug-likeness (QED) is 0.475. The Bertz CT molecular complexity index is 787. The molecule has 0 atom stereocenters. The maximum atomic E-state index is 11.8. The Labute approximate surface area is 145 Å². The molecule has 130 valence electrons. The molecule has 2 rings (SSSR count). The van der Waals surface area contributed by atoms with Crippen molar-refractivity contribution in [3.8, 4) is 5.75 Å². The van der Waals surface area contributed by atoms with Gasteiger partial charge in [0.25, 0.3) is 11.6 Å². The molecule has 0 unspecified atom stereocenters. The molecule has 25 heavy (non-hydrogen) atoms. The van der Waals surface area contributed by atoms with Crippen molar-refractivity contribution in [1.29, 1.82) is 0 Å². The lowest BCUT2D eigenvalue weighted by Gasteiger charge is -2.12. The molecule has 0 saturated carbocycles. The highest BCUT2D eigenvalue weighted by Crippen LogP contribution is 2.25. The molecule has 1 N–H and O–H groups in total. The molecule has 1 amide bonds. The Morgan fingerprint density at radius 3 is 2.76 bits per heavy atom. The van der Waals surface area contributed by atoms with Gasteiger partial charge in [-0.05, 0) is 17.5 Å². The van der Waals surface area contributed by atoms with Crippen LogP contribution < -0.4 is 10.2 Å². The molecule has 0 radical (unpaired) electrons. The summed E-state index contributed by atoms with van der Waals surface area (Å²) in [7, 11) is 0. The van der Waals surface area contributed by atoms with Gasteiger partial charge >= 0.3 is 0 Å². The van der Waals surface area contributed by atoms with Crippen LogP contribution in [0.15, 0.2) is 53.6 Å². The molecule has 7 heteroatoms. The number of nitrogens with zero attached hydrogens (tertiary/aromatic N) is 2. The van der Waals surface area contributed by atoms with Gasteiger partial charge in [-0.3, -0.25) is 14.9 Å². The predicted octanol–water partition coefficient (Wildman–Crippen LogP) is 3.25. The molecule has 0 aliphatic rings. The SMILES string of the molecule is CC(C)c1ccccc1OCC(=O)NN=Cc1cccc([N+](=O)[O-])c1. The molecular formula is C18H19N3O4. The van der Waals surface area contributed by atoms with Crippen molar-refractivity contribution >= 4 is 17.8 Å². The number of rotatable bonds is 7. The number of amides is 1. The van der Waals surface area contributed by atoms with E-state index in [4.69, 9.17) is 4.74 Å². The zero-order valence-electron chi connectivity index (χ0n) is 14.0. The number of benzene rings is 2. The Morgan fingerprint density at radius 2 is 2.04 bits per heavy atom. The van der Waals surface area contributed by atoms with E-state index in [2.05, 4.69) is 10.5 Å². The molecule has 0 spiro atoms. The maximum absolute atomic E-state index is 11.8. The molecule has 0 saturated heterocycles. The minimum Gasteiger partial charge on any atom is -0.483 e. The van der Waals surface area contributed by atoms with Gasteiger partial charge in [0, 0.05) is 17.7 Å². The number of non-ortho nitro benzene ring substituents is 1. The lowest BCUT2D eigenvalue weighted by atomic mass is 10.0. The van der Waals surface area contributed by atoms with Gasteiger partial charge in [-0.1, -0.05) is 44.2 Å². The first kappa shape index (κ1) is 18.1. The molecule has 0 aliphatic carbocycles. The van der Waals surface area contributed by atoms with Gasteiger partial charge in [-0.2, -0.15) is 5.10 Å². The third-order valence-electron chi connectivity index (χ3n) is 3.38. The predicted molar refractivity (Wildman–Crippen MR) is 94.9 cm³/mol. The van der Waals surface area contributed by atoms with Crippen LogP contribution in [-0.2, 0) is 4.79 Å². The van der Waals surface area contributed by atoms with Gasteiger partial charge in [0.2, 0.25) is 0 Å². The maximum Gasteiger partial charge on any atom is 0.277 e. The fourth-order valence-electron chi connectivity index (χ4n) is 2.16. The van der Waals surface area contributed by atoms with Gasteiger partial charge in [-0.15, -0.1) is 0 Å². The number of hydrogen-bond donors (Lipinski definition) is 1. The second-order valence-corrected chi connectivity index (χ2v) is 5.63. The molecule has 0 aliphatic heterocycles. The first-order valence-electron chi connectivity index (χ1n) is 7.75. The lowest BCUT2D eigenvalue weighted by Crippen LogP contribution is -2.24. The van der Waals surface area contributed by atoms with Crippen LogP contribution in [0.2, 0.25) is 0 Å². The summed E-state index contributed by atoms with van der Waals surface area (Å²) in [6, 6.07) is 13.5. The Balaban J connectivity index is 1.89. The van der Waals surface area contributed by atoms with E-state index >= 15 is 0 Å². The summed E-state index contributed by atoms with van der Waals surface area (Å²) in [4.78, 5) is 22.0. The number of hydrazone groups is 1. The topological polar surface area (TPSA) is 93.8 Å². The van der Waals surface area contributed by atoms with Crippen molar-refractivity contribution in [1.82, 2.24) is 5.43 Å². The van der Waals surface area contributed by atoms with Crippen LogP contribution in [-0.4, -0.2) is 23.7 Å². The van der Waals surface area contributed by atoms with Crippen LogP contribution in [0.5, 0.6) is 5.75 Å². The van der Waals surface area contributed by atoms with Gasteiger partial charge in [-0.25, -0.2) is 5.43 Å². The first-order valence-corrected chi connectivity index (χ1v) is 7.75. The summed E-state index contributed by atoms with van der Waals surface area (Å²) in [6.07, 6.45) is 1.34. The number of para-hydroxylation sites is 1. The summed E-state index contributed by atoms with van der Waals surface area (Å²) < 4.78 is 5.54. The largest absolute Gasteiger partial charge is 0.483 e. The number of ether oxygens (including phenoxy) is 1. The van der Waals surface area contributed by atoms with Crippen molar-refractivity contribution in [2.75, 3.05) is 6.61 Å². The van der Waals surface area contributed by atoms with Crippen molar-refractivity contribution in [2.45, 2.75) is 19.8 Å². The summed E-state index contributed by atoms with van der Waals surface area (Å²) >= 11 is 0. The molecule has 0 fully saturated rings. The zero-order valence-corrected chi connectivity index (χ0v) is 14.0. The average molecular weight is 341 g/mol. The van der Waals surface area contributed by atoms with E-state index in [9.17, 15) is 14.9 Å². The Hall–Kier alpha value is -3.22. The van der Waals surface area contributed by atoms with Crippen LogP contribution in [0.1, 0.15) is 30.9 Å². The van der Waals surface area contributed by atoms with Crippen molar-refractivity contribution in [3.63, 3.8) is 0 Å². The van der Waals surface area contributed by atoms with Gasteiger partial charge in [0.05, 0.1) is 11.1 Å². The number of carbonyl (C=O) groups is 1. The number of nitro benzene ring substituents is 1. The monoisotopic (exact) mass is 341 g/mol. The Morgan fingerprint density at radius 1 is 1.28 bits per heavy atom. The smallest absolute Gasteiger partial charge is 0.277 e. The summed E-state index contributed by atoms with van der Waals surface area (Å²) in [5.41, 5.74) is 3.83. The van der Waals surface area contributed by atoms with Crippen LogP contribution in [0.4, 0.5) is 5.69 Å². The molecule has 0 aromatic heterocycles. The average Bonchev–Trinajstić information content (AvgIpc) is 2.60. The van der Waals surface area contributed by atoms with Crippen molar-refractivity contribution in [2.24, 2.45) is 5.10 Å². The third kappa shape index (κ3) is 5.42. The van der Waals surface area contributed by atoms with E-state index in [1.165, 1.54) is 18.3 Å². The molecule has 7 nitrogen and oxygen atoms in total. The van der Waals surface area contributed by atoms with Crippen LogP contribution in [0, 0.1) is 10.1 Å². The van der Waals surface area contributed by atoms with Crippen LogP contribution in [0.3, 0.4) is 0 Å². The summed E-state index contributed by atoms with van der Waals surface area (Å²) in [5.74, 6) is 0.529. The highest BCUT2D eigenvalue weighted by Gasteiger charge is 2.09. The second-order valence-electron chi connectivity index (χ2n) is 5.63. The van der Waals surface area contributed by atoms with E-state index in [1.54, 1.807) is 12.1 Å². The molecule has 2 aromatic carbocycles. The van der Waals surface area contributed by atoms with Crippen molar-refractivity contribution in [3.05, 3.63) is 69.8 Å². The fourth-order valence-corrected chi connectivity index (χ4v) is 2.16.